The van der Waals surface area contributed by atoms with Gasteiger partial charge in [-0.3, -0.25) is 9.97 Å². The topological polar surface area (TPSA) is 37.8 Å². The molecule has 1 heterocycles. The summed E-state index contributed by atoms with van der Waals surface area (Å²) in [6.07, 6.45) is 3.64. The first-order valence-electron chi connectivity index (χ1n) is 6.64. The lowest BCUT2D eigenvalue weighted by molar-refractivity contribution is 0.563. The van der Waals surface area contributed by atoms with Crippen LogP contribution in [-0.2, 0) is 6.54 Å². The van der Waals surface area contributed by atoms with Crippen molar-refractivity contribution < 1.29 is 0 Å². The Morgan fingerprint density at radius 1 is 1.11 bits per heavy atom. The van der Waals surface area contributed by atoms with Crippen LogP contribution in [0.5, 0.6) is 0 Å². The van der Waals surface area contributed by atoms with Crippen molar-refractivity contribution in [3.63, 3.8) is 0 Å². The highest BCUT2D eigenvalue weighted by Gasteiger charge is 2.08. The highest BCUT2D eigenvalue weighted by atomic mass is 14.9. The molecule has 2 aromatic rings. The highest BCUT2D eigenvalue weighted by molar-refractivity contribution is 5.32. The number of rotatable bonds is 4. The summed E-state index contributed by atoms with van der Waals surface area (Å²) in [5.74, 6) is 0. The molecule has 3 heteroatoms. The monoisotopic (exact) mass is 255 g/mol. The van der Waals surface area contributed by atoms with Crippen molar-refractivity contribution in [3.8, 4) is 0 Å². The number of nitrogens with zero attached hydrogens (tertiary/aromatic N) is 2. The van der Waals surface area contributed by atoms with Gasteiger partial charge in [-0.1, -0.05) is 23.8 Å². The van der Waals surface area contributed by atoms with Gasteiger partial charge in [0.2, 0.25) is 0 Å². The summed E-state index contributed by atoms with van der Waals surface area (Å²) in [6.45, 7) is 9.15. The molecular weight excluding hydrogens is 234 g/mol. The van der Waals surface area contributed by atoms with Gasteiger partial charge in [0.1, 0.15) is 0 Å². The molecule has 1 aromatic heterocycles. The molecule has 3 nitrogen and oxygen atoms in total. The highest BCUT2D eigenvalue weighted by Crippen LogP contribution is 2.19. The smallest absolute Gasteiger partial charge is 0.0724 e. The van der Waals surface area contributed by atoms with Crippen LogP contribution in [0.3, 0.4) is 0 Å². The summed E-state index contributed by atoms with van der Waals surface area (Å²) in [6, 6.07) is 6.88. The van der Waals surface area contributed by atoms with E-state index in [1.807, 2.05) is 13.1 Å². The van der Waals surface area contributed by atoms with Crippen molar-refractivity contribution in [1.82, 2.24) is 15.3 Å². The standard InChI is InChI=1S/C16H21N3/c1-11-5-6-12(2)16(7-11)14(4)18-10-15-9-17-13(3)8-19-15/h5-9,14,18H,10H2,1-4H3. The number of hydrogen-bond donors (Lipinski definition) is 1. The quantitative estimate of drug-likeness (QED) is 0.911. The van der Waals surface area contributed by atoms with Crippen molar-refractivity contribution >= 4 is 0 Å². The second-order valence-electron chi connectivity index (χ2n) is 5.11. The third-order valence-electron chi connectivity index (χ3n) is 3.33. The average molecular weight is 255 g/mol. The molecule has 1 atom stereocenters. The Morgan fingerprint density at radius 2 is 1.89 bits per heavy atom. The van der Waals surface area contributed by atoms with E-state index in [9.17, 15) is 0 Å². The zero-order valence-corrected chi connectivity index (χ0v) is 12.1. The van der Waals surface area contributed by atoms with Gasteiger partial charge in [-0.15, -0.1) is 0 Å². The van der Waals surface area contributed by atoms with Crippen LogP contribution in [0.4, 0.5) is 0 Å². The van der Waals surface area contributed by atoms with Gasteiger partial charge < -0.3 is 5.32 Å². The molecular formula is C16H21N3. The molecule has 1 unspecified atom stereocenters. The Bertz CT molecular complexity index is 546. The molecule has 0 bridgehead atoms. The van der Waals surface area contributed by atoms with E-state index in [1.165, 1.54) is 16.7 Å². The van der Waals surface area contributed by atoms with Crippen LogP contribution in [0.1, 0.15) is 41.0 Å². The molecule has 100 valence electrons. The summed E-state index contributed by atoms with van der Waals surface area (Å²) >= 11 is 0. The Morgan fingerprint density at radius 3 is 2.58 bits per heavy atom. The van der Waals surface area contributed by atoms with Crippen molar-refractivity contribution in [3.05, 3.63) is 58.7 Å². The molecule has 0 radical (unpaired) electrons. The molecule has 0 aliphatic heterocycles. The van der Waals surface area contributed by atoms with E-state index in [1.54, 1.807) is 6.20 Å². The summed E-state index contributed by atoms with van der Waals surface area (Å²) in [5.41, 5.74) is 5.89. The first-order chi connectivity index (χ1) is 9.06. The van der Waals surface area contributed by atoms with Crippen LogP contribution in [0.15, 0.2) is 30.6 Å². The minimum atomic E-state index is 0.308. The van der Waals surface area contributed by atoms with E-state index < -0.39 is 0 Å². The normalized spacial score (nSPS) is 12.4. The lowest BCUT2D eigenvalue weighted by atomic mass is 10.00. The van der Waals surface area contributed by atoms with Gasteiger partial charge in [0, 0.05) is 25.0 Å². The molecule has 19 heavy (non-hydrogen) atoms. The number of aromatic nitrogens is 2. The molecule has 0 spiro atoms. The van der Waals surface area contributed by atoms with Crippen molar-refractivity contribution in [2.45, 2.75) is 40.3 Å². The Balaban J connectivity index is 2.03. The first kappa shape index (κ1) is 13.7. The molecule has 0 aliphatic carbocycles. The van der Waals surface area contributed by atoms with Gasteiger partial charge in [-0.2, -0.15) is 0 Å². The van der Waals surface area contributed by atoms with Gasteiger partial charge in [0.25, 0.3) is 0 Å². The van der Waals surface area contributed by atoms with Crippen LogP contribution in [0.25, 0.3) is 0 Å². The zero-order chi connectivity index (χ0) is 13.8. The average Bonchev–Trinajstić information content (AvgIpc) is 2.40. The third-order valence-corrected chi connectivity index (χ3v) is 3.33. The molecule has 0 fully saturated rings. The fourth-order valence-electron chi connectivity index (χ4n) is 2.10. The van der Waals surface area contributed by atoms with Gasteiger partial charge in [0.05, 0.1) is 11.4 Å². The van der Waals surface area contributed by atoms with Crippen LogP contribution in [0, 0.1) is 20.8 Å². The number of nitrogens with one attached hydrogen (secondary N) is 1. The summed E-state index contributed by atoms with van der Waals surface area (Å²) in [5, 5.41) is 3.50. The van der Waals surface area contributed by atoms with Gasteiger partial charge in [-0.25, -0.2) is 0 Å². The molecule has 0 saturated carbocycles. The molecule has 1 N–H and O–H groups in total. The van der Waals surface area contributed by atoms with Crippen LogP contribution >= 0.6 is 0 Å². The van der Waals surface area contributed by atoms with Gasteiger partial charge in [-0.05, 0) is 38.8 Å². The fraction of sp³-hybridized carbons (Fsp3) is 0.375. The van der Waals surface area contributed by atoms with E-state index >= 15 is 0 Å². The summed E-state index contributed by atoms with van der Waals surface area (Å²) in [7, 11) is 0. The largest absolute Gasteiger partial charge is 0.304 e. The second-order valence-corrected chi connectivity index (χ2v) is 5.11. The lowest BCUT2D eigenvalue weighted by Gasteiger charge is -2.17. The SMILES string of the molecule is Cc1ccc(C)c(C(C)NCc2cnc(C)cn2)c1. The minimum absolute atomic E-state index is 0.308. The number of aryl methyl sites for hydroxylation is 3. The third kappa shape index (κ3) is 3.61. The predicted octanol–water partition coefficient (Wildman–Crippen LogP) is 3.25. The van der Waals surface area contributed by atoms with Crippen molar-refractivity contribution in [1.29, 1.82) is 0 Å². The minimum Gasteiger partial charge on any atom is -0.304 e. The molecule has 0 amide bonds. The zero-order valence-electron chi connectivity index (χ0n) is 12.1. The van der Waals surface area contributed by atoms with E-state index in [2.05, 4.69) is 54.3 Å². The predicted molar refractivity (Wildman–Crippen MR) is 77.9 cm³/mol. The maximum atomic E-state index is 4.36. The van der Waals surface area contributed by atoms with E-state index in [4.69, 9.17) is 0 Å². The van der Waals surface area contributed by atoms with Crippen LogP contribution in [0.2, 0.25) is 0 Å². The Kier molecular flexibility index (Phi) is 4.27. The Labute approximate surface area is 115 Å². The molecule has 0 aliphatic rings. The fourth-order valence-corrected chi connectivity index (χ4v) is 2.10. The van der Waals surface area contributed by atoms with Crippen molar-refractivity contribution in [2.75, 3.05) is 0 Å². The maximum Gasteiger partial charge on any atom is 0.0724 e. The van der Waals surface area contributed by atoms with E-state index in [-0.39, 0.29) is 0 Å². The maximum absolute atomic E-state index is 4.36. The van der Waals surface area contributed by atoms with Crippen LogP contribution < -0.4 is 5.32 Å². The lowest BCUT2D eigenvalue weighted by Crippen LogP contribution is -2.19. The first-order valence-corrected chi connectivity index (χ1v) is 6.64. The second kappa shape index (κ2) is 5.93. The van der Waals surface area contributed by atoms with Gasteiger partial charge >= 0.3 is 0 Å². The van der Waals surface area contributed by atoms with Gasteiger partial charge in [0.15, 0.2) is 0 Å². The van der Waals surface area contributed by atoms with E-state index in [0.717, 1.165) is 17.9 Å². The number of hydrogen-bond acceptors (Lipinski definition) is 3. The summed E-state index contributed by atoms with van der Waals surface area (Å²) in [4.78, 5) is 8.62. The summed E-state index contributed by atoms with van der Waals surface area (Å²) < 4.78 is 0. The Hall–Kier alpha value is -1.74. The molecule has 0 saturated heterocycles. The van der Waals surface area contributed by atoms with Crippen molar-refractivity contribution in [2.24, 2.45) is 0 Å². The van der Waals surface area contributed by atoms with E-state index in [0.29, 0.717) is 6.04 Å². The van der Waals surface area contributed by atoms with Crippen LogP contribution in [-0.4, -0.2) is 9.97 Å². The number of benzene rings is 1. The molecule has 1 aromatic carbocycles. The molecule has 2 rings (SSSR count).